The summed E-state index contributed by atoms with van der Waals surface area (Å²) in [6.45, 7) is 12.9. The van der Waals surface area contributed by atoms with Crippen molar-refractivity contribution >= 4 is 30.8 Å². The third kappa shape index (κ3) is 6.73. The highest BCUT2D eigenvalue weighted by Crippen LogP contribution is 2.49. The fraction of sp³-hybridized carbons (Fsp3) is 0.750. The molecule has 0 radical (unpaired) electrons. The molecule has 6 atom stereocenters. The number of aliphatic hydroxyl groups is 2. The topological polar surface area (TPSA) is 196 Å². The number of aliphatic hydroxyl groups excluding tert-OH is 1. The van der Waals surface area contributed by atoms with Crippen molar-refractivity contribution in [2.24, 2.45) is 5.41 Å². The molecule has 1 fully saturated rings. The fourth-order valence-corrected chi connectivity index (χ4v) is 6.37. The SMILES string of the molecule is CCN(CC)P(=O)(N[C@@H](C)C(=O)OCC(C)(C)C)OC[C@H]1O[C@@H](n2cnc3c(OC)nc(N)nc32)[C@](C)(O)[C@@H]1O. The highest BCUT2D eigenvalue weighted by molar-refractivity contribution is 7.54. The Morgan fingerprint density at radius 1 is 1.35 bits per heavy atom. The lowest BCUT2D eigenvalue weighted by Gasteiger charge is -2.32. The normalized spacial score (nSPS) is 25.7. The lowest BCUT2D eigenvalue weighted by atomic mass is 9.96. The highest BCUT2D eigenvalue weighted by Gasteiger charge is 2.54. The molecular formula is C24H42N7O8P. The minimum Gasteiger partial charge on any atom is -0.479 e. The van der Waals surface area contributed by atoms with Gasteiger partial charge < -0.3 is 34.7 Å². The number of carbonyl (C=O) groups excluding carboxylic acids is 1. The molecule has 1 aliphatic rings. The van der Waals surface area contributed by atoms with Crippen molar-refractivity contribution in [3.63, 3.8) is 0 Å². The third-order valence-corrected chi connectivity index (χ3v) is 9.00. The van der Waals surface area contributed by atoms with Gasteiger partial charge in [-0.1, -0.05) is 34.6 Å². The quantitative estimate of drug-likeness (QED) is 0.206. The van der Waals surface area contributed by atoms with Crippen LogP contribution in [0.2, 0.25) is 0 Å². The Bertz CT molecular complexity index is 1230. The average Bonchev–Trinajstić information content (AvgIpc) is 3.38. The Balaban J connectivity index is 1.81. The van der Waals surface area contributed by atoms with E-state index in [1.807, 2.05) is 20.8 Å². The second-order valence-corrected chi connectivity index (χ2v) is 13.2. The zero-order valence-corrected chi connectivity index (χ0v) is 25.2. The molecule has 3 rings (SSSR count). The van der Waals surface area contributed by atoms with Crippen LogP contribution < -0.4 is 15.6 Å². The van der Waals surface area contributed by atoms with E-state index in [2.05, 4.69) is 20.0 Å². The summed E-state index contributed by atoms with van der Waals surface area (Å²) >= 11 is 0. The minimum atomic E-state index is -3.82. The molecule has 0 saturated carbocycles. The van der Waals surface area contributed by atoms with Gasteiger partial charge in [-0.2, -0.15) is 9.97 Å². The molecule has 1 saturated heterocycles. The summed E-state index contributed by atoms with van der Waals surface area (Å²) in [6.07, 6.45) is -2.35. The minimum absolute atomic E-state index is 0.0782. The van der Waals surface area contributed by atoms with E-state index in [0.717, 1.165) is 0 Å². The van der Waals surface area contributed by atoms with Crippen LogP contribution in [-0.4, -0.2) is 97.6 Å². The summed E-state index contributed by atoms with van der Waals surface area (Å²) in [5.41, 5.74) is 4.25. The van der Waals surface area contributed by atoms with Gasteiger partial charge in [-0.15, -0.1) is 0 Å². The van der Waals surface area contributed by atoms with Gasteiger partial charge in [0.15, 0.2) is 17.4 Å². The van der Waals surface area contributed by atoms with Crippen molar-refractivity contribution in [3.8, 4) is 5.88 Å². The van der Waals surface area contributed by atoms with Crippen LogP contribution >= 0.6 is 7.67 Å². The molecule has 16 heteroatoms. The van der Waals surface area contributed by atoms with Crippen LogP contribution in [0.1, 0.15) is 54.7 Å². The Labute approximate surface area is 233 Å². The van der Waals surface area contributed by atoms with E-state index in [1.165, 1.54) is 31.9 Å². The maximum atomic E-state index is 14.0. The third-order valence-electron chi connectivity index (χ3n) is 6.48. The first kappa shape index (κ1) is 32.1. The molecule has 2 aromatic heterocycles. The maximum absolute atomic E-state index is 14.0. The monoisotopic (exact) mass is 587 g/mol. The summed E-state index contributed by atoms with van der Waals surface area (Å²) < 4.78 is 39.5. The largest absolute Gasteiger partial charge is 0.479 e. The zero-order chi connectivity index (χ0) is 30.0. The molecule has 15 nitrogen and oxygen atoms in total. The molecule has 0 bridgehead atoms. The molecular weight excluding hydrogens is 545 g/mol. The predicted molar refractivity (Wildman–Crippen MR) is 146 cm³/mol. The number of methoxy groups -OCH3 is 1. The number of esters is 1. The number of nitrogens with one attached hydrogen (secondary N) is 1. The first-order valence-corrected chi connectivity index (χ1v) is 14.7. The Hall–Kier alpha value is -2.39. The number of imidazole rings is 1. The number of anilines is 1. The van der Waals surface area contributed by atoms with Crippen molar-refractivity contribution in [2.75, 3.05) is 39.1 Å². The number of ether oxygens (including phenoxy) is 3. The van der Waals surface area contributed by atoms with Crippen LogP contribution in [0.15, 0.2) is 6.33 Å². The van der Waals surface area contributed by atoms with Gasteiger partial charge in [0.1, 0.15) is 23.9 Å². The smallest absolute Gasteiger partial charge is 0.344 e. The van der Waals surface area contributed by atoms with Gasteiger partial charge in [0.25, 0.3) is 0 Å². The van der Waals surface area contributed by atoms with E-state index in [4.69, 9.17) is 24.5 Å². The van der Waals surface area contributed by atoms with Crippen molar-refractivity contribution in [3.05, 3.63) is 6.33 Å². The number of hydrogen-bond donors (Lipinski definition) is 4. The first-order chi connectivity index (χ1) is 18.6. The summed E-state index contributed by atoms with van der Waals surface area (Å²) in [7, 11) is -2.41. The van der Waals surface area contributed by atoms with E-state index in [9.17, 15) is 19.6 Å². The summed E-state index contributed by atoms with van der Waals surface area (Å²) in [5.74, 6) is -0.513. The molecule has 0 aromatic carbocycles. The van der Waals surface area contributed by atoms with Gasteiger partial charge in [-0.05, 0) is 19.3 Å². The Morgan fingerprint density at radius 3 is 2.58 bits per heavy atom. The van der Waals surface area contributed by atoms with E-state index in [-0.39, 0.29) is 41.6 Å². The van der Waals surface area contributed by atoms with Crippen molar-refractivity contribution < 1.29 is 38.3 Å². The van der Waals surface area contributed by atoms with Gasteiger partial charge in [0, 0.05) is 13.1 Å². The number of nitrogen functional groups attached to an aromatic ring is 1. The number of carbonyl (C=O) groups is 1. The lowest BCUT2D eigenvalue weighted by Crippen LogP contribution is -2.45. The number of nitrogens with zero attached hydrogens (tertiary/aromatic N) is 5. The molecule has 1 unspecified atom stereocenters. The van der Waals surface area contributed by atoms with E-state index >= 15 is 0 Å². The maximum Gasteiger partial charge on any atom is 0.344 e. The van der Waals surface area contributed by atoms with Crippen molar-refractivity contribution in [1.29, 1.82) is 0 Å². The molecule has 0 amide bonds. The van der Waals surface area contributed by atoms with Crippen LogP contribution in [0.3, 0.4) is 0 Å². The number of nitrogens with two attached hydrogens (primary N) is 1. The highest BCUT2D eigenvalue weighted by atomic mass is 31.2. The summed E-state index contributed by atoms with van der Waals surface area (Å²) in [4.78, 5) is 25.0. The molecule has 3 heterocycles. The number of fused-ring (bicyclic) bond motifs is 1. The second-order valence-electron chi connectivity index (χ2n) is 11.1. The van der Waals surface area contributed by atoms with E-state index in [0.29, 0.717) is 13.1 Å². The van der Waals surface area contributed by atoms with E-state index in [1.54, 1.807) is 18.5 Å². The molecule has 5 N–H and O–H groups in total. The van der Waals surface area contributed by atoms with Crippen molar-refractivity contribution in [1.82, 2.24) is 29.3 Å². The Morgan fingerprint density at radius 2 is 2.00 bits per heavy atom. The summed E-state index contributed by atoms with van der Waals surface area (Å²) in [5, 5.41) is 25.1. The fourth-order valence-electron chi connectivity index (χ4n) is 4.28. The average molecular weight is 588 g/mol. The molecule has 40 heavy (non-hydrogen) atoms. The van der Waals surface area contributed by atoms with E-state index < -0.39 is 43.7 Å². The lowest BCUT2D eigenvalue weighted by molar-refractivity contribution is -0.148. The number of aromatic nitrogens is 4. The molecule has 226 valence electrons. The van der Waals surface area contributed by atoms with Gasteiger partial charge in [-0.25, -0.2) is 14.7 Å². The van der Waals surface area contributed by atoms with Gasteiger partial charge in [-0.3, -0.25) is 13.9 Å². The van der Waals surface area contributed by atoms with Crippen LogP contribution in [0.4, 0.5) is 5.95 Å². The van der Waals surface area contributed by atoms with Crippen molar-refractivity contribution in [2.45, 2.75) is 78.5 Å². The van der Waals surface area contributed by atoms with Crippen LogP contribution in [0.5, 0.6) is 5.88 Å². The second kappa shape index (κ2) is 12.2. The molecule has 1 aliphatic heterocycles. The molecule has 2 aromatic rings. The van der Waals surface area contributed by atoms with Crippen LogP contribution in [-0.2, 0) is 23.4 Å². The predicted octanol–water partition coefficient (Wildman–Crippen LogP) is 1.46. The number of hydrogen-bond acceptors (Lipinski definition) is 12. The van der Waals surface area contributed by atoms with Gasteiger partial charge in [0.2, 0.25) is 11.8 Å². The Kier molecular flexibility index (Phi) is 9.82. The standard InChI is InChI=1S/C24H42N7O8P/c1-9-30(10-2)40(35,29-14(3)20(33)37-12-23(4,5)6)38-11-15-17(32)24(7,34)21(39-15)31-13-26-16-18(31)27-22(25)28-19(16)36-8/h13-15,17,21,32,34H,9-12H2,1-8H3,(H,29,35)(H2,25,27,28)/t14-,15+,17+,21+,24+,40?/m0/s1. The van der Waals surface area contributed by atoms with Crippen LogP contribution in [0.25, 0.3) is 11.2 Å². The first-order valence-electron chi connectivity index (χ1n) is 13.1. The zero-order valence-electron chi connectivity index (χ0n) is 24.3. The number of rotatable bonds is 12. The molecule has 0 aliphatic carbocycles. The van der Waals surface area contributed by atoms with Gasteiger partial charge in [0.05, 0.1) is 26.7 Å². The van der Waals surface area contributed by atoms with Gasteiger partial charge >= 0.3 is 13.6 Å². The summed E-state index contributed by atoms with van der Waals surface area (Å²) in [6, 6.07) is -0.948. The van der Waals surface area contributed by atoms with Crippen LogP contribution in [0, 0.1) is 5.41 Å². The molecule has 0 spiro atoms.